The second-order valence-corrected chi connectivity index (χ2v) is 4.09. The van der Waals surface area contributed by atoms with E-state index in [-0.39, 0.29) is 0 Å². The molecule has 1 unspecified atom stereocenters. The fourth-order valence-corrected chi connectivity index (χ4v) is 1.97. The molecule has 1 aliphatic rings. The molecule has 0 aliphatic carbocycles. The molecular formula is C14H17N. The predicted octanol–water partition coefficient (Wildman–Crippen LogP) is 4.02. The van der Waals surface area contributed by atoms with Gasteiger partial charge in [-0.3, -0.25) is 4.99 Å². The number of nitrogens with zero attached hydrogens (tertiary/aromatic N) is 1. The summed E-state index contributed by atoms with van der Waals surface area (Å²) in [6, 6.07) is 8.69. The summed E-state index contributed by atoms with van der Waals surface area (Å²) in [6.45, 7) is 4.52. The third kappa shape index (κ3) is 2.01. The van der Waals surface area contributed by atoms with E-state index < -0.39 is 0 Å². The SMILES string of the molecule is CCC(C)c1ccccc1C1=CN=CC1. The topological polar surface area (TPSA) is 12.4 Å². The van der Waals surface area contributed by atoms with Gasteiger partial charge in [-0.2, -0.15) is 0 Å². The van der Waals surface area contributed by atoms with E-state index >= 15 is 0 Å². The minimum absolute atomic E-state index is 0.627. The van der Waals surface area contributed by atoms with E-state index in [2.05, 4.69) is 43.1 Å². The third-order valence-corrected chi connectivity index (χ3v) is 3.10. The second-order valence-electron chi connectivity index (χ2n) is 4.09. The van der Waals surface area contributed by atoms with Gasteiger partial charge in [0.05, 0.1) is 0 Å². The van der Waals surface area contributed by atoms with Crippen LogP contribution >= 0.6 is 0 Å². The Labute approximate surface area is 91.6 Å². The molecule has 0 bridgehead atoms. The van der Waals surface area contributed by atoms with Gasteiger partial charge in [-0.15, -0.1) is 0 Å². The van der Waals surface area contributed by atoms with Crippen molar-refractivity contribution < 1.29 is 0 Å². The van der Waals surface area contributed by atoms with Crippen LogP contribution in [0.2, 0.25) is 0 Å². The number of benzene rings is 1. The molecule has 1 aliphatic heterocycles. The van der Waals surface area contributed by atoms with E-state index in [9.17, 15) is 0 Å². The summed E-state index contributed by atoms with van der Waals surface area (Å²) >= 11 is 0. The maximum Gasteiger partial charge on any atom is 0.0305 e. The zero-order valence-corrected chi connectivity index (χ0v) is 9.40. The normalized spacial score (nSPS) is 16.5. The van der Waals surface area contributed by atoms with Gasteiger partial charge in [0.2, 0.25) is 0 Å². The molecule has 1 aromatic rings. The largest absolute Gasteiger partial charge is 0.268 e. The highest BCUT2D eigenvalue weighted by Gasteiger charge is 2.12. The van der Waals surface area contributed by atoms with Crippen LogP contribution in [0.5, 0.6) is 0 Å². The minimum Gasteiger partial charge on any atom is -0.268 e. The lowest BCUT2D eigenvalue weighted by Crippen LogP contribution is -1.97. The van der Waals surface area contributed by atoms with Crippen LogP contribution in [-0.2, 0) is 0 Å². The first kappa shape index (κ1) is 10.2. The van der Waals surface area contributed by atoms with Crippen molar-refractivity contribution in [2.24, 2.45) is 4.99 Å². The maximum absolute atomic E-state index is 4.18. The molecule has 1 aromatic carbocycles. The molecule has 1 heterocycles. The Morgan fingerprint density at radius 1 is 1.33 bits per heavy atom. The van der Waals surface area contributed by atoms with Crippen LogP contribution in [0.1, 0.15) is 43.7 Å². The van der Waals surface area contributed by atoms with Gasteiger partial charge in [0.15, 0.2) is 0 Å². The molecule has 2 rings (SSSR count). The summed E-state index contributed by atoms with van der Waals surface area (Å²) in [4.78, 5) is 4.18. The lowest BCUT2D eigenvalue weighted by Gasteiger charge is -2.15. The number of allylic oxidation sites excluding steroid dienone is 1. The van der Waals surface area contributed by atoms with E-state index in [1.807, 2.05) is 12.4 Å². The first-order chi connectivity index (χ1) is 7.33. The Morgan fingerprint density at radius 3 is 2.80 bits per heavy atom. The Morgan fingerprint density at radius 2 is 2.13 bits per heavy atom. The highest BCUT2D eigenvalue weighted by molar-refractivity contribution is 5.85. The number of rotatable bonds is 3. The van der Waals surface area contributed by atoms with E-state index in [4.69, 9.17) is 0 Å². The minimum atomic E-state index is 0.627. The van der Waals surface area contributed by atoms with Crippen molar-refractivity contribution >= 4 is 11.8 Å². The number of hydrogen-bond acceptors (Lipinski definition) is 1. The molecule has 0 N–H and O–H groups in total. The van der Waals surface area contributed by atoms with Crippen molar-refractivity contribution in [2.45, 2.75) is 32.6 Å². The molecule has 0 aromatic heterocycles. The smallest absolute Gasteiger partial charge is 0.0305 e. The van der Waals surface area contributed by atoms with Crippen LogP contribution < -0.4 is 0 Å². The van der Waals surface area contributed by atoms with Crippen LogP contribution in [0, 0.1) is 0 Å². The van der Waals surface area contributed by atoms with Crippen molar-refractivity contribution in [1.29, 1.82) is 0 Å². The summed E-state index contributed by atoms with van der Waals surface area (Å²) in [5.41, 5.74) is 4.19. The monoisotopic (exact) mass is 199 g/mol. The molecule has 15 heavy (non-hydrogen) atoms. The van der Waals surface area contributed by atoms with Crippen LogP contribution in [0.4, 0.5) is 0 Å². The molecule has 0 saturated heterocycles. The van der Waals surface area contributed by atoms with E-state index in [1.54, 1.807) is 0 Å². The zero-order valence-electron chi connectivity index (χ0n) is 9.40. The van der Waals surface area contributed by atoms with Crippen molar-refractivity contribution in [3.8, 4) is 0 Å². The molecule has 1 heteroatoms. The van der Waals surface area contributed by atoms with E-state index in [0.717, 1.165) is 6.42 Å². The molecule has 1 atom stereocenters. The van der Waals surface area contributed by atoms with Gasteiger partial charge >= 0.3 is 0 Å². The van der Waals surface area contributed by atoms with E-state index in [1.165, 1.54) is 23.1 Å². The Hall–Kier alpha value is -1.37. The van der Waals surface area contributed by atoms with Crippen molar-refractivity contribution in [1.82, 2.24) is 0 Å². The maximum atomic E-state index is 4.18. The second kappa shape index (κ2) is 4.43. The lowest BCUT2D eigenvalue weighted by molar-refractivity contribution is 0.731. The standard InChI is InChI=1S/C14H17N/c1-3-11(2)13-6-4-5-7-14(13)12-8-9-15-10-12/h4-7,9-11H,3,8H2,1-2H3. The van der Waals surface area contributed by atoms with Crippen molar-refractivity contribution in [3.63, 3.8) is 0 Å². The summed E-state index contributed by atoms with van der Waals surface area (Å²) in [6.07, 6.45) is 6.13. The summed E-state index contributed by atoms with van der Waals surface area (Å²) in [5, 5.41) is 0. The van der Waals surface area contributed by atoms with Crippen LogP contribution in [0.25, 0.3) is 5.57 Å². The van der Waals surface area contributed by atoms with Gasteiger partial charge < -0.3 is 0 Å². The summed E-state index contributed by atoms with van der Waals surface area (Å²) < 4.78 is 0. The molecule has 0 radical (unpaired) electrons. The molecule has 0 spiro atoms. The fraction of sp³-hybridized carbons (Fsp3) is 0.357. The first-order valence-electron chi connectivity index (χ1n) is 5.63. The van der Waals surface area contributed by atoms with Gasteiger partial charge in [0.1, 0.15) is 0 Å². The molecular weight excluding hydrogens is 182 g/mol. The highest BCUT2D eigenvalue weighted by atomic mass is 14.7. The third-order valence-electron chi connectivity index (χ3n) is 3.10. The fourth-order valence-electron chi connectivity index (χ4n) is 1.97. The average molecular weight is 199 g/mol. The molecule has 78 valence electrons. The van der Waals surface area contributed by atoms with Gasteiger partial charge in [0, 0.05) is 18.8 Å². The predicted molar refractivity (Wildman–Crippen MR) is 66.2 cm³/mol. The van der Waals surface area contributed by atoms with Crippen molar-refractivity contribution in [2.75, 3.05) is 0 Å². The average Bonchev–Trinajstić information content (AvgIpc) is 2.81. The molecule has 0 amide bonds. The number of aliphatic imine (C=N–C) groups is 1. The van der Waals surface area contributed by atoms with Crippen LogP contribution in [0.3, 0.4) is 0 Å². The molecule has 0 saturated carbocycles. The molecule has 0 fully saturated rings. The Balaban J connectivity index is 2.38. The molecule has 1 nitrogen and oxygen atoms in total. The first-order valence-corrected chi connectivity index (χ1v) is 5.63. The Kier molecular flexibility index (Phi) is 3.00. The van der Waals surface area contributed by atoms with Gasteiger partial charge in [-0.1, -0.05) is 38.1 Å². The van der Waals surface area contributed by atoms with Crippen molar-refractivity contribution in [3.05, 3.63) is 41.6 Å². The van der Waals surface area contributed by atoms with E-state index in [0.29, 0.717) is 5.92 Å². The summed E-state index contributed by atoms with van der Waals surface area (Å²) in [7, 11) is 0. The summed E-state index contributed by atoms with van der Waals surface area (Å²) in [5.74, 6) is 0.627. The van der Waals surface area contributed by atoms with Gasteiger partial charge in [0.25, 0.3) is 0 Å². The quantitative estimate of drug-likeness (QED) is 0.697. The highest BCUT2D eigenvalue weighted by Crippen LogP contribution is 2.30. The van der Waals surface area contributed by atoms with Gasteiger partial charge in [-0.25, -0.2) is 0 Å². The lowest BCUT2D eigenvalue weighted by atomic mass is 9.90. The zero-order chi connectivity index (χ0) is 10.7. The van der Waals surface area contributed by atoms with Crippen LogP contribution in [-0.4, -0.2) is 6.21 Å². The number of hydrogen-bond donors (Lipinski definition) is 0. The van der Waals surface area contributed by atoms with Crippen LogP contribution in [0.15, 0.2) is 35.5 Å². The Bertz CT molecular complexity index is 402. The van der Waals surface area contributed by atoms with Gasteiger partial charge in [-0.05, 0) is 29.0 Å².